The fraction of sp³-hybridized carbons (Fsp3) is 0.444. The first-order valence-corrected chi connectivity index (χ1v) is 9.97. The summed E-state index contributed by atoms with van der Waals surface area (Å²) in [6.45, 7) is 7.65. The molecular weight excluding hydrogens is 409 g/mol. The second-order valence-corrected chi connectivity index (χ2v) is 8.30. The summed E-state index contributed by atoms with van der Waals surface area (Å²) in [5.41, 5.74) is 6.09. The molecule has 6 nitrogen and oxygen atoms in total. The summed E-state index contributed by atoms with van der Waals surface area (Å²) in [4.78, 5) is 16.5. The second-order valence-electron chi connectivity index (χ2n) is 6.36. The molecule has 2 N–H and O–H groups in total. The van der Waals surface area contributed by atoms with Crippen molar-refractivity contribution < 1.29 is 14.3 Å². The van der Waals surface area contributed by atoms with Crippen molar-refractivity contribution in [2.45, 2.75) is 55.9 Å². The van der Waals surface area contributed by atoms with Gasteiger partial charge in [-0.05, 0) is 38.0 Å². The molecule has 2 aromatic rings. The number of imidazole rings is 1. The number of aromatic nitrogens is 2. The lowest BCUT2D eigenvalue weighted by Crippen LogP contribution is -2.24. The Balaban J connectivity index is 2.32. The van der Waals surface area contributed by atoms with E-state index in [4.69, 9.17) is 43.4 Å². The van der Waals surface area contributed by atoms with Crippen LogP contribution in [0.15, 0.2) is 28.1 Å². The van der Waals surface area contributed by atoms with Gasteiger partial charge in [0.25, 0.3) is 0 Å². The molecule has 9 heteroatoms. The highest BCUT2D eigenvalue weighted by molar-refractivity contribution is 7.99. The molecule has 148 valence electrons. The van der Waals surface area contributed by atoms with Crippen LogP contribution in [0.4, 0.5) is 4.79 Å². The quantitative estimate of drug-likeness (QED) is 0.583. The van der Waals surface area contributed by atoms with Crippen LogP contribution in [0.2, 0.25) is 10.0 Å². The maximum Gasteiger partial charge on any atom is 0.406 e. The third-order valence-corrected chi connectivity index (χ3v) is 5.18. The van der Waals surface area contributed by atoms with Gasteiger partial charge in [0.15, 0.2) is 0 Å². The van der Waals surface area contributed by atoms with Crippen LogP contribution >= 0.6 is 35.0 Å². The van der Waals surface area contributed by atoms with Crippen molar-refractivity contribution in [1.82, 2.24) is 9.55 Å². The van der Waals surface area contributed by atoms with Crippen LogP contribution in [0.1, 0.15) is 51.2 Å². The average molecular weight is 432 g/mol. The number of amides is 1. The molecule has 1 aromatic carbocycles. The Labute approximate surface area is 173 Å². The normalized spacial score (nSPS) is 13.6. The second kappa shape index (κ2) is 9.19. The first-order chi connectivity index (χ1) is 12.6. The monoisotopic (exact) mass is 431 g/mol. The van der Waals surface area contributed by atoms with Crippen molar-refractivity contribution in [3.8, 4) is 0 Å². The highest BCUT2D eigenvalue weighted by atomic mass is 35.5. The molecule has 1 heterocycles. The molecule has 1 aromatic heterocycles. The smallest absolute Gasteiger partial charge is 0.406 e. The Morgan fingerprint density at radius 2 is 1.78 bits per heavy atom. The van der Waals surface area contributed by atoms with E-state index in [-0.39, 0.29) is 5.92 Å². The molecule has 1 amide bonds. The molecule has 0 aliphatic rings. The molecular formula is C18H23Cl2N3O3S. The zero-order valence-electron chi connectivity index (χ0n) is 15.8. The van der Waals surface area contributed by atoms with Gasteiger partial charge >= 0.3 is 6.09 Å². The number of hydrogen-bond donors (Lipinski definition) is 1. The molecule has 0 fully saturated rings. The van der Waals surface area contributed by atoms with E-state index < -0.39 is 18.5 Å². The zero-order valence-corrected chi connectivity index (χ0v) is 18.2. The van der Waals surface area contributed by atoms with Crippen molar-refractivity contribution >= 4 is 41.1 Å². The van der Waals surface area contributed by atoms with Crippen LogP contribution in [0, 0.1) is 0 Å². The average Bonchev–Trinajstić information content (AvgIpc) is 2.81. The Morgan fingerprint density at radius 3 is 2.30 bits per heavy atom. The van der Waals surface area contributed by atoms with Gasteiger partial charge in [-0.25, -0.2) is 9.78 Å². The Kier molecular flexibility index (Phi) is 7.45. The maximum atomic E-state index is 10.9. The standard InChI is InChI=1S/C18H23Cl2N3O3S/c1-9(2)15-17(27-14-7-12(19)6-13(20)8-14)22-16(23(15)5)10(3)25-11(4)26-18(21)24/h6-11H,1-5H3,(H2,21,24). The fourth-order valence-corrected chi connectivity index (χ4v) is 4.68. The van der Waals surface area contributed by atoms with Gasteiger partial charge in [-0.2, -0.15) is 0 Å². The lowest BCUT2D eigenvalue weighted by Gasteiger charge is -2.19. The van der Waals surface area contributed by atoms with Crippen LogP contribution in [0.3, 0.4) is 0 Å². The first-order valence-electron chi connectivity index (χ1n) is 8.40. The summed E-state index contributed by atoms with van der Waals surface area (Å²) in [6.07, 6.45) is -2.06. The summed E-state index contributed by atoms with van der Waals surface area (Å²) in [6, 6.07) is 5.38. The molecule has 2 unspecified atom stereocenters. The molecule has 27 heavy (non-hydrogen) atoms. The predicted molar refractivity (Wildman–Crippen MR) is 108 cm³/mol. The molecule has 2 atom stereocenters. The minimum atomic E-state index is -0.883. The van der Waals surface area contributed by atoms with Gasteiger partial charge in [0.2, 0.25) is 6.29 Å². The number of benzene rings is 1. The molecule has 0 radical (unpaired) electrons. The number of hydrogen-bond acceptors (Lipinski definition) is 5. The number of carbonyl (C=O) groups excluding carboxylic acids is 1. The number of rotatable bonds is 7. The lowest BCUT2D eigenvalue weighted by atomic mass is 10.1. The van der Waals surface area contributed by atoms with Crippen LogP contribution in [-0.4, -0.2) is 21.9 Å². The number of primary amides is 1. The summed E-state index contributed by atoms with van der Waals surface area (Å²) in [5.74, 6) is 0.953. The van der Waals surface area contributed by atoms with Gasteiger partial charge < -0.3 is 19.8 Å². The topological polar surface area (TPSA) is 79.4 Å². The summed E-state index contributed by atoms with van der Waals surface area (Å²) < 4.78 is 12.5. The number of nitrogens with two attached hydrogens (primary N) is 1. The third kappa shape index (κ3) is 5.78. The number of nitrogens with zero attached hydrogens (tertiary/aromatic N) is 2. The van der Waals surface area contributed by atoms with Gasteiger partial charge in [0.05, 0.1) is 5.69 Å². The largest absolute Gasteiger partial charge is 0.420 e. The van der Waals surface area contributed by atoms with Gasteiger partial charge in [0.1, 0.15) is 17.0 Å². The maximum absolute atomic E-state index is 10.9. The molecule has 0 spiro atoms. The molecule has 2 rings (SSSR count). The minimum absolute atomic E-state index is 0.236. The number of halogens is 2. The van der Waals surface area contributed by atoms with Crippen LogP contribution in [-0.2, 0) is 16.5 Å². The van der Waals surface area contributed by atoms with Crippen LogP contribution < -0.4 is 5.73 Å². The molecule has 0 saturated carbocycles. The SMILES string of the molecule is CC(OC(N)=O)OC(C)c1nc(Sc2cc(Cl)cc(Cl)c2)c(C(C)C)n1C. The molecule has 0 bridgehead atoms. The minimum Gasteiger partial charge on any atom is -0.420 e. The van der Waals surface area contributed by atoms with E-state index in [1.165, 1.54) is 11.8 Å². The van der Waals surface area contributed by atoms with Crippen LogP contribution in [0.5, 0.6) is 0 Å². The number of carbonyl (C=O) groups is 1. The summed E-state index contributed by atoms with van der Waals surface area (Å²) >= 11 is 13.7. The van der Waals surface area contributed by atoms with E-state index in [2.05, 4.69) is 13.8 Å². The number of ether oxygens (including phenoxy) is 2. The van der Waals surface area contributed by atoms with E-state index >= 15 is 0 Å². The highest BCUT2D eigenvalue weighted by Crippen LogP contribution is 2.37. The molecule has 0 aliphatic carbocycles. The van der Waals surface area contributed by atoms with Crippen LogP contribution in [0.25, 0.3) is 0 Å². The van der Waals surface area contributed by atoms with E-state index in [0.29, 0.717) is 15.9 Å². The third-order valence-electron chi connectivity index (χ3n) is 3.78. The van der Waals surface area contributed by atoms with Crippen molar-refractivity contribution in [1.29, 1.82) is 0 Å². The van der Waals surface area contributed by atoms with E-state index in [1.807, 2.05) is 30.7 Å². The lowest BCUT2D eigenvalue weighted by molar-refractivity contribution is -0.124. The summed E-state index contributed by atoms with van der Waals surface area (Å²) in [7, 11) is 1.94. The Morgan fingerprint density at radius 1 is 1.19 bits per heavy atom. The molecule has 0 saturated heterocycles. The summed E-state index contributed by atoms with van der Waals surface area (Å²) in [5, 5.41) is 1.99. The van der Waals surface area contributed by atoms with Crippen molar-refractivity contribution in [3.63, 3.8) is 0 Å². The van der Waals surface area contributed by atoms with Crippen molar-refractivity contribution in [3.05, 3.63) is 39.8 Å². The fourth-order valence-electron chi connectivity index (χ4n) is 2.81. The van der Waals surface area contributed by atoms with Gasteiger partial charge in [-0.3, -0.25) is 0 Å². The van der Waals surface area contributed by atoms with Crippen molar-refractivity contribution in [2.75, 3.05) is 0 Å². The van der Waals surface area contributed by atoms with E-state index in [9.17, 15) is 4.79 Å². The van der Waals surface area contributed by atoms with Gasteiger partial charge in [-0.1, -0.05) is 48.8 Å². The Hall–Kier alpha value is -1.41. The Bertz CT molecular complexity index is 806. The van der Waals surface area contributed by atoms with E-state index in [1.54, 1.807) is 13.0 Å². The molecule has 0 aliphatic heterocycles. The van der Waals surface area contributed by atoms with Gasteiger partial charge in [0, 0.05) is 22.0 Å². The van der Waals surface area contributed by atoms with Gasteiger partial charge in [-0.15, -0.1) is 0 Å². The highest BCUT2D eigenvalue weighted by Gasteiger charge is 2.24. The van der Waals surface area contributed by atoms with Crippen molar-refractivity contribution in [2.24, 2.45) is 12.8 Å². The predicted octanol–water partition coefficient (Wildman–Crippen LogP) is 5.52. The first kappa shape index (κ1) is 21.9. The van der Waals surface area contributed by atoms with E-state index in [0.717, 1.165) is 15.6 Å². The zero-order chi connectivity index (χ0) is 20.3.